The molecule has 1 N–H and O–H groups in total. The third-order valence-electron chi connectivity index (χ3n) is 3.92. The smallest absolute Gasteiger partial charge is 0.231 e. The molecular formula is C14H16Cl2N4O. The molecule has 0 saturated heterocycles. The topological polar surface area (TPSA) is 63.8 Å². The van der Waals surface area contributed by atoms with E-state index < -0.39 is 0 Å². The average molecular weight is 327 g/mol. The number of rotatable bonds is 3. The first-order valence-corrected chi connectivity index (χ1v) is 7.77. The first kappa shape index (κ1) is 14.8. The van der Waals surface area contributed by atoms with Crippen LogP contribution in [0, 0.1) is 0 Å². The molecule has 0 bridgehead atoms. The van der Waals surface area contributed by atoms with Gasteiger partial charge in [0.05, 0.1) is 16.0 Å². The molecule has 2 aromatic rings. The molecule has 112 valence electrons. The van der Waals surface area contributed by atoms with E-state index in [1.165, 1.54) is 19.0 Å². The molecule has 7 heteroatoms. The summed E-state index contributed by atoms with van der Waals surface area (Å²) < 4.78 is 5.44. The fourth-order valence-electron chi connectivity index (χ4n) is 2.83. The molecule has 3 rings (SSSR count). The Morgan fingerprint density at radius 2 is 2.10 bits per heavy atom. The maximum Gasteiger partial charge on any atom is 0.231 e. The Labute approximate surface area is 133 Å². The third-order valence-corrected chi connectivity index (χ3v) is 4.41. The molecule has 0 spiro atoms. The van der Waals surface area contributed by atoms with E-state index in [1.807, 2.05) is 7.05 Å². The van der Waals surface area contributed by atoms with Crippen molar-refractivity contribution in [2.45, 2.75) is 37.6 Å². The number of pyridine rings is 1. The maximum atomic E-state index is 6.13. The second-order valence-electron chi connectivity index (χ2n) is 5.23. The maximum absolute atomic E-state index is 6.13. The Balaban J connectivity index is 1.89. The van der Waals surface area contributed by atoms with Crippen molar-refractivity contribution in [3.8, 4) is 11.5 Å². The zero-order chi connectivity index (χ0) is 14.8. The zero-order valence-electron chi connectivity index (χ0n) is 11.6. The Morgan fingerprint density at radius 3 is 2.86 bits per heavy atom. The van der Waals surface area contributed by atoms with Crippen molar-refractivity contribution >= 4 is 23.2 Å². The van der Waals surface area contributed by atoms with Crippen LogP contribution in [0.1, 0.15) is 37.5 Å². The van der Waals surface area contributed by atoms with Crippen LogP contribution in [0.25, 0.3) is 11.5 Å². The second-order valence-corrected chi connectivity index (χ2v) is 6.07. The molecule has 21 heavy (non-hydrogen) atoms. The SMILES string of the molecule is CNC1CCCCC1c1nc(-c2ncc(Cl)cc2Cl)no1. The van der Waals surface area contributed by atoms with Crippen LogP contribution in [-0.2, 0) is 0 Å². The second kappa shape index (κ2) is 6.30. The summed E-state index contributed by atoms with van der Waals surface area (Å²) in [5.74, 6) is 1.31. The summed E-state index contributed by atoms with van der Waals surface area (Å²) in [5, 5.41) is 8.25. The quantitative estimate of drug-likeness (QED) is 0.931. The van der Waals surface area contributed by atoms with Crippen LogP contribution in [0.15, 0.2) is 16.8 Å². The summed E-state index contributed by atoms with van der Waals surface area (Å²) in [5.41, 5.74) is 0.493. The molecule has 0 aliphatic heterocycles. The van der Waals surface area contributed by atoms with Crippen LogP contribution in [0.2, 0.25) is 10.0 Å². The molecule has 1 aliphatic rings. The molecule has 5 nitrogen and oxygen atoms in total. The van der Waals surface area contributed by atoms with Gasteiger partial charge in [-0.15, -0.1) is 0 Å². The van der Waals surface area contributed by atoms with E-state index >= 15 is 0 Å². The lowest BCUT2D eigenvalue weighted by molar-refractivity contribution is 0.270. The summed E-state index contributed by atoms with van der Waals surface area (Å²) in [4.78, 5) is 8.67. The van der Waals surface area contributed by atoms with Gasteiger partial charge in [0, 0.05) is 12.2 Å². The Hall–Kier alpha value is -1.17. The van der Waals surface area contributed by atoms with Gasteiger partial charge >= 0.3 is 0 Å². The molecule has 0 aromatic carbocycles. The standard InChI is InChI=1S/C14H16Cl2N4O/c1-17-11-5-3-2-4-9(11)14-19-13(20-21-14)12-10(16)6-8(15)7-18-12/h6-7,9,11,17H,2-5H2,1H3. The Morgan fingerprint density at radius 1 is 1.29 bits per heavy atom. The highest BCUT2D eigenvalue weighted by Crippen LogP contribution is 2.33. The van der Waals surface area contributed by atoms with Gasteiger partial charge in [-0.25, -0.2) is 4.98 Å². The van der Waals surface area contributed by atoms with Gasteiger partial charge in [-0.2, -0.15) is 4.98 Å². The third kappa shape index (κ3) is 3.05. The minimum atomic E-state index is 0.246. The summed E-state index contributed by atoms with van der Waals surface area (Å²) in [6, 6.07) is 2.00. The van der Waals surface area contributed by atoms with Gasteiger partial charge in [-0.1, -0.05) is 41.2 Å². The highest BCUT2D eigenvalue weighted by molar-refractivity contribution is 6.35. The van der Waals surface area contributed by atoms with Crippen LogP contribution >= 0.6 is 23.2 Å². The number of likely N-dealkylation sites (N-methyl/N-ethyl adjacent to an activating group) is 1. The highest BCUT2D eigenvalue weighted by atomic mass is 35.5. The predicted molar refractivity (Wildman–Crippen MR) is 81.6 cm³/mol. The Bertz CT molecular complexity index is 631. The Kier molecular flexibility index (Phi) is 4.42. The fraction of sp³-hybridized carbons (Fsp3) is 0.500. The number of hydrogen-bond donors (Lipinski definition) is 1. The zero-order valence-corrected chi connectivity index (χ0v) is 13.2. The van der Waals surface area contributed by atoms with E-state index in [2.05, 4.69) is 20.4 Å². The van der Waals surface area contributed by atoms with Gasteiger partial charge in [0.2, 0.25) is 11.7 Å². The molecule has 1 fully saturated rings. The molecule has 0 amide bonds. The molecule has 2 heterocycles. The largest absolute Gasteiger partial charge is 0.339 e. The fourth-order valence-corrected chi connectivity index (χ4v) is 3.30. The lowest BCUT2D eigenvalue weighted by Gasteiger charge is -2.28. The molecule has 1 saturated carbocycles. The number of nitrogens with zero attached hydrogens (tertiary/aromatic N) is 3. The molecule has 1 aliphatic carbocycles. The highest BCUT2D eigenvalue weighted by Gasteiger charge is 2.30. The summed E-state index contributed by atoms with van der Waals surface area (Å²) in [7, 11) is 1.97. The van der Waals surface area contributed by atoms with Crippen molar-refractivity contribution in [2.24, 2.45) is 0 Å². The number of hydrogen-bond acceptors (Lipinski definition) is 5. The van der Waals surface area contributed by atoms with Crippen molar-refractivity contribution in [3.05, 3.63) is 28.2 Å². The van der Waals surface area contributed by atoms with Crippen LogP contribution in [0.4, 0.5) is 0 Å². The van der Waals surface area contributed by atoms with Gasteiger partial charge in [0.1, 0.15) is 5.69 Å². The van der Waals surface area contributed by atoms with Crippen molar-refractivity contribution in [3.63, 3.8) is 0 Å². The van der Waals surface area contributed by atoms with Crippen LogP contribution in [-0.4, -0.2) is 28.2 Å². The molecule has 2 aromatic heterocycles. The summed E-state index contributed by atoms with van der Waals surface area (Å²) in [6.07, 6.45) is 6.11. The van der Waals surface area contributed by atoms with Gasteiger partial charge in [0.25, 0.3) is 0 Å². The van der Waals surface area contributed by atoms with E-state index in [1.54, 1.807) is 6.07 Å². The monoisotopic (exact) mass is 326 g/mol. The van der Waals surface area contributed by atoms with Gasteiger partial charge in [0.15, 0.2) is 0 Å². The van der Waals surface area contributed by atoms with Crippen LogP contribution in [0.5, 0.6) is 0 Å². The number of nitrogens with one attached hydrogen (secondary N) is 1. The van der Waals surface area contributed by atoms with Gasteiger partial charge < -0.3 is 9.84 Å². The lowest BCUT2D eigenvalue weighted by Crippen LogP contribution is -2.34. The minimum Gasteiger partial charge on any atom is -0.339 e. The normalized spacial score (nSPS) is 22.4. The van der Waals surface area contributed by atoms with Crippen molar-refractivity contribution < 1.29 is 4.52 Å². The summed E-state index contributed by atoms with van der Waals surface area (Å²) >= 11 is 12.0. The molecular weight excluding hydrogens is 311 g/mol. The number of aromatic nitrogens is 3. The van der Waals surface area contributed by atoms with Crippen LogP contribution < -0.4 is 5.32 Å². The first-order chi connectivity index (χ1) is 10.2. The molecule has 2 atom stereocenters. The van der Waals surface area contributed by atoms with E-state index in [4.69, 9.17) is 27.7 Å². The van der Waals surface area contributed by atoms with E-state index in [0.29, 0.717) is 33.5 Å². The lowest BCUT2D eigenvalue weighted by atomic mass is 9.84. The van der Waals surface area contributed by atoms with Gasteiger partial charge in [-0.05, 0) is 26.0 Å². The first-order valence-electron chi connectivity index (χ1n) is 7.01. The predicted octanol–water partition coefficient (Wildman–Crippen LogP) is 3.68. The van der Waals surface area contributed by atoms with Crippen molar-refractivity contribution in [1.82, 2.24) is 20.4 Å². The molecule has 2 unspecified atom stereocenters. The van der Waals surface area contributed by atoms with E-state index in [0.717, 1.165) is 12.8 Å². The van der Waals surface area contributed by atoms with Crippen molar-refractivity contribution in [2.75, 3.05) is 7.05 Å². The van der Waals surface area contributed by atoms with Gasteiger partial charge in [-0.3, -0.25) is 0 Å². The number of halogens is 2. The minimum absolute atomic E-state index is 0.246. The summed E-state index contributed by atoms with van der Waals surface area (Å²) in [6.45, 7) is 0. The van der Waals surface area contributed by atoms with Crippen LogP contribution in [0.3, 0.4) is 0 Å². The van der Waals surface area contributed by atoms with E-state index in [9.17, 15) is 0 Å². The average Bonchev–Trinajstić information content (AvgIpc) is 2.96. The van der Waals surface area contributed by atoms with E-state index in [-0.39, 0.29) is 5.92 Å². The van der Waals surface area contributed by atoms with Crippen molar-refractivity contribution in [1.29, 1.82) is 0 Å². The molecule has 0 radical (unpaired) electrons.